The van der Waals surface area contributed by atoms with E-state index in [1.807, 2.05) is 49.4 Å². The number of phenols is 1. The highest BCUT2D eigenvalue weighted by Gasteiger charge is 2.32. The number of allylic oxidation sites excluding steroid dienone is 1. The number of carbonyl (C=O) groups is 1. The summed E-state index contributed by atoms with van der Waals surface area (Å²) < 4.78 is 12.8. The molecule has 1 unspecified atom stereocenters. The average Bonchev–Trinajstić information content (AvgIpc) is 3.24. The van der Waals surface area contributed by atoms with E-state index < -0.39 is 6.04 Å². The number of fused-ring (bicyclic) bond motifs is 1. The summed E-state index contributed by atoms with van der Waals surface area (Å²) in [7, 11) is 1.47. The molecule has 198 valence electrons. The maximum absolute atomic E-state index is 13.8. The molecule has 0 spiro atoms. The third kappa shape index (κ3) is 5.21. The molecular weight excluding hydrogens is 514 g/mol. The molecule has 1 amide bonds. The molecule has 9 heteroatoms. The molecule has 39 heavy (non-hydrogen) atoms. The van der Waals surface area contributed by atoms with Crippen LogP contribution in [-0.4, -0.2) is 29.3 Å². The van der Waals surface area contributed by atoms with Gasteiger partial charge in [-0.05, 0) is 67.4 Å². The van der Waals surface area contributed by atoms with Gasteiger partial charge in [0.1, 0.15) is 5.75 Å². The maximum atomic E-state index is 13.8. The molecule has 0 radical (unpaired) electrons. The van der Waals surface area contributed by atoms with Crippen LogP contribution in [0.2, 0.25) is 0 Å². The number of methoxy groups -OCH3 is 1. The van der Waals surface area contributed by atoms with Gasteiger partial charge in [-0.15, -0.1) is 0 Å². The van der Waals surface area contributed by atoms with Crippen molar-refractivity contribution in [1.82, 2.24) is 4.57 Å². The number of nitrogens with one attached hydrogen (secondary N) is 1. The second kappa shape index (κ2) is 11.0. The van der Waals surface area contributed by atoms with Gasteiger partial charge in [0, 0.05) is 5.69 Å². The lowest BCUT2D eigenvalue weighted by Crippen LogP contribution is -2.40. The Balaban J connectivity index is 1.65. The molecule has 0 saturated heterocycles. The van der Waals surface area contributed by atoms with Gasteiger partial charge in [0.2, 0.25) is 0 Å². The molecule has 1 aliphatic heterocycles. The van der Waals surface area contributed by atoms with Crippen molar-refractivity contribution in [3.8, 4) is 17.2 Å². The van der Waals surface area contributed by atoms with Crippen LogP contribution < -0.4 is 29.7 Å². The van der Waals surface area contributed by atoms with Crippen molar-refractivity contribution in [2.45, 2.75) is 19.9 Å². The van der Waals surface area contributed by atoms with Crippen molar-refractivity contribution >= 4 is 29.0 Å². The molecule has 0 fully saturated rings. The van der Waals surface area contributed by atoms with Crippen molar-refractivity contribution in [2.24, 2.45) is 4.99 Å². The van der Waals surface area contributed by atoms with Crippen LogP contribution in [0.25, 0.3) is 6.08 Å². The minimum Gasteiger partial charge on any atom is -0.504 e. The molecule has 1 aromatic heterocycles. The number of benzene rings is 3. The molecule has 8 nitrogen and oxygen atoms in total. The van der Waals surface area contributed by atoms with E-state index in [0.29, 0.717) is 50.0 Å². The first-order valence-electron chi connectivity index (χ1n) is 12.4. The highest BCUT2D eigenvalue weighted by atomic mass is 32.1. The third-order valence-electron chi connectivity index (χ3n) is 6.31. The Kier molecular flexibility index (Phi) is 7.33. The van der Waals surface area contributed by atoms with Gasteiger partial charge in [0.05, 0.1) is 35.6 Å². The summed E-state index contributed by atoms with van der Waals surface area (Å²) in [5.41, 5.74) is 2.72. The van der Waals surface area contributed by atoms with Crippen molar-refractivity contribution < 1.29 is 19.4 Å². The Morgan fingerprint density at radius 2 is 1.87 bits per heavy atom. The molecule has 3 aromatic carbocycles. The van der Waals surface area contributed by atoms with Crippen molar-refractivity contribution in [2.75, 3.05) is 19.0 Å². The van der Waals surface area contributed by atoms with E-state index in [-0.39, 0.29) is 17.2 Å². The quantitative estimate of drug-likeness (QED) is 0.369. The van der Waals surface area contributed by atoms with Crippen LogP contribution in [0.5, 0.6) is 17.2 Å². The van der Waals surface area contributed by atoms with Crippen LogP contribution in [0, 0.1) is 0 Å². The normalized spacial score (nSPS) is 14.9. The monoisotopic (exact) mass is 541 g/mol. The predicted octanol–water partition coefficient (Wildman–Crippen LogP) is 3.99. The first-order valence-corrected chi connectivity index (χ1v) is 13.2. The van der Waals surface area contributed by atoms with Crippen LogP contribution in [0.4, 0.5) is 5.69 Å². The highest BCUT2D eigenvalue weighted by Crippen LogP contribution is 2.32. The number of nitrogens with zero attached hydrogens (tertiary/aromatic N) is 2. The smallest absolute Gasteiger partial charge is 0.271 e. The van der Waals surface area contributed by atoms with Crippen molar-refractivity contribution in [1.29, 1.82) is 0 Å². The zero-order valence-corrected chi connectivity index (χ0v) is 22.5. The van der Waals surface area contributed by atoms with Crippen LogP contribution >= 0.6 is 11.3 Å². The Labute approximate surface area is 228 Å². The molecule has 2 N–H and O–H groups in total. The van der Waals surface area contributed by atoms with E-state index in [1.54, 1.807) is 41.8 Å². The fourth-order valence-electron chi connectivity index (χ4n) is 4.50. The molecule has 1 aliphatic rings. The lowest BCUT2D eigenvalue weighted by Gasteiger charge is -2.25. The highest BCUT2D eigenvalue weighted by molar-refractivity contribution is 7.07. The van der Waals surface area contributed by atoms with E-state index in [2.05, 4.69) is 10.3 Å². The number of aromatic hydroxyl groups is 1. The zero-order valence-electron chi connectivity index (χ0n) is 21.7. The Morgan fingerprint density at radius 3 is 2.56 bits per heavy atom. The molecule has 1 atom stereocenters. The number of carbonyl (C=O) groups excluding carboxylic acids is 1. The van der Waals surface area contributed by atoms with Crippen LogP contribution in [-0.2, 0) is 4.79 Å². The van der Waals surface area contributed by atoms with Gasteiger partial charge < -0.3 is 19.9 Å². The number of anilines is 1. The van der Waals surface area contributed by atoms with E-state index in [4.69, 9.17) is 9.47 Å². The van der Waals surface area contributed by atoms with E-state index in [1.165, 1.54) is 24.5 Å². The number of amides is 1. The van der Waals surface area contributed by atoms with Crippen molar-refractivity contribution in [3.05, 3.63) is 115 Å². The molecule has 0 aliphatic carbocycles. The lowest BCUT2D eigenvalue weighted by atomic mass is 9.95. The molecule has 0 bridgehead atoms. The van der Waals surface area contributed by atoms with Gasteiger partial charge in [0.25, 0.3) is 11.5 Å². The molecule has 2 heterocycles. The summed E-state index contributed by atoms with van der Waals surface area (Å²) in [5, 5.41) is 12.9. The molecule has 5 rings (SSSR count). The summed E-state index contributed by atoms with van der Waals surface area (Å²) in [6.07, 6.45) is 1.73. The van der Waals surface area contributed by atoms with Gasteiger partial charge >= 0.3 is 0 Å². The standard InChI is InChI=1S/C30H27N3O5S/c1-4-38-22-13-11-20(12-14-22)27-26(28(35)32-21-8-6-5-7-9-21)18(2)31-30-33(27)29(36)25(39-30)17-19-10-15-23(34)24(16-19)37-3/h5-17,27,34H,4H2,1-3H3,(H,32,35)/b25-17+. The summed E-state index contributed by atoms with van der Waals surface area (Å²) in [6.45, 7) is 4.22. The van der Waals surface area contributed by atoms with Gasteiger partial charge in [0.15, 0.2) is 16.3 Å². The molecule has 4 aromatic rings. The number of thiazole rings is 1. The van der Waals surface area contributed by atoms with Gasteiger partial charge in [-0.2, -0.15) is 0 Å². The summed E-state index contributed by atoms with van der Waals surface area (Å²) in [5.74, 6) is 0.681. The zero-order chi connectivity index (χ0) is 27.5. The minimum absolute atomic E-state index is 0.0105. The fourth-order valence-corrected chi connectivity index (χ4v) is 5.54. The fraction of sp³-hybridized carbons (Fsp3) is 0.167. The summed E-state index contributed by atoms with van der Waals surface area (Å²) in [4.78, 5) is 32.7. The van der Waals surface area contributed by atoms with E-state index >= 15 is 0 Å². The number of hydrogen-bond acceptors (Lipinski definition) is 7. The van der Waals surface area contributed by atoms with E-state index in [0.717, 1.165) is 5.56 Å². The number of phenolic OH excluding ortho intramolecular Hbond substituents is 1. The Hall–Kier alpha value is -4.63. The second-order valence-corrected chi connectivity index (χ2v) is 9.84. The predicted molar refractivity (Wildman–Crippen MR) is 151 cm³/mol. The molecular formula is C30H27N3O5S. The van der Waals surface area contributed by atoms with E-state index in [9.17, 15) is 14.7 Å². The van der Waals surface area contributed by atoms with Crippen LogP contribution in [0.1, 0.15) is 31.0 Å². The average molecular weight is 542 g/mol. The number of ether oxygens (including phenoxy) is 2. The van der Waals surface area contributed by atoms with Gasteiger partial charge in [-0.3, -0.25) is 14.2 Å². The minimum atomic E-state index is -0.697. The number of para-hydroxylation sites is 1. The van der Waals surface area contributed by atoms with Crippen molar-refractivity contribution in [3.63, 3.8) is 0 Å². The Bertz CT molecular complexity index is 1740. The number of aromatic nitrogens is 1. The summed E-state index contributed by atoms with van der Waals surface area (Å²) >= 11 is 1.24. The number of hydrogen-bond donors (Lipinski definition) is 2. The molecule has 0 saturated carbocycles. The largest absolute Gasteiger partial charge is 0.504 e. The first-order chi connectivity index (χ1) is 18.9. The maximum Gasteiger partial charge on any atom is 0.271 e. The van der Waals surface area contributed by atoms with Gasteiger partial charge in [-0.25, -0.2) is 4.99 Å². The first kappa shape index (κ1) is 26.0. The van der Waals surface area contributed by atoms with Gasteiger partial charge in [-0.1, -0.05) is 47.7 Å². The van der Waals surface area contributed by atoms with Crippen LogP contribution in [0.3, 0.4) is 0 Å². The topological polar surface area (TPSA) is 102 Å². The lowest BCUT2D eigenvalue weighted by molar-refractivity contribution is -0.113. The second-order valence-electron chi connectivity index (χ2n) is 8.84. The summed E-state index contributed by atoms with van der Waals surface area (Å²) in [6, 6.07) is 20.7. The number of rotatable bonds is 7. The third-order valence-corrected chi connectivity index (χ3v) is 7.29. The SMILES string of the molecule is CCOc1ccc(C2C(C(=O)Nc3ccccc3)=C(C)N=c3s/c(=C/c4ccc(O)c(OC)c4)c(=O)n32)cc1. The Morgan fingerprint density at radius 1 is 1.13 bits per heavy atom. The van der Waals surface area contributed by atoms with Crippen LogP contribution in [0.15, 0.2) is 93.9 Å².